The molecular weight excluding hydrogens is 442 g/mol. The van der Waals surface area contributed by atoms with Gasteiger partial charge in [0.1, 0.15) is 0 Å². The molecule has 2 fully saturated rings. The molecule has 2 aliphatic rings. The summed E-state index contributed by atoms with van der Waals surface area (Å²) in [6.45, 7) is 4.69. The summed E-state index contributed by atoms with van der Waals surface area (Å²) < 4.78 is 28.4. The fraction of sp³-hybridized carbons (Fsp3) is 0.400. The van der Waals surface area contributed by atoms with Gasteiger partial charge < -0.3 is 15.3 Å². The highest BCUT2D eigenvalue weighted by atomic mass is 19.3. The minimum absolute atomic E-state index is 0.119. The van der Waals surface area contributed by atoms with Crippen molar-refractivity contribution in [2.45, 2.75) is 38.7 Å². The molecule has 5 rings (SSSR count). The molecule has 1 spiro atoms. The zero-order valence-corrected chi connectivity index (χ0v) is 19.2. The topological polar surface area (TPSA) is 87.5 Å². The number of anilines is 2. The van der Waals surface area contributed by atoms with Crippen molar-refractivity contribution in [1.82, 2.24) is 9.55 Å². The van der Waals surface area contributed by atoms with Crippen molar-refractivity contribution in [2.75, 3.05) is 23.3 Å². The van der Waals surface area contributed by atoms with Crippen LogP contribution in [-0.2, 0) is 7.05 Å². The van der Waals surface area contributed by atoms with Gasteiger partial charge in [-0.2, -0.15) is 0 Å². The Bertz CT molecular complexity index is 1370. The van der Waals surface area contributed by atoms with Crippen LogP contribution in [0.15, 0.2) is 41.2 Å². The molecule has 34 heavy (non-hydrogen) atoms. The summed E-state index contributed by atoms with van der Waals surface area (Å²) in [5, 5.41) is 13.2. The minimum Gasteiger partial charge on any atom is -0.478 e. The number of hydrogen-bond acceptors (Lipinski definition) is 5. The lowest BCUT2D eigenvalue weighted by Gasteiger charge is -2.58. The van der Waals surface area contributed by atoms with Crippen molar-refractivity contribution in [3.05, 3.63) is 63.4 Å². The molecule has 1 aromatic heterocycles. The Morgan fingerprint density at radius 1 is 1.21 bits per heavy atom. The quantitative estimate of drug-likeness (QED) is 0.579. The van der Waals surface area contributed by atoms with Gasteiger partial charge in [0.05, 0.1) is 22.5 Å². The van der Waals surface area contributed by atoms with E-state index in [1.165, 1.54) is 10.6 Å². The first kappa shape index (κ1) is 22.3. The third-order valence-corrected chi connectivity index (χ3v) is 6.93. The maximum absolute atomic E-state index is 13.4. The number of carbonyl (C=O) groups is 1. The van der Waals surface area contributed by atoms with Gasteiger partial charge in [-0.25, -0.2) is 18.6 Å². The number of carboxylic acids is 1. The summed E-state index contributed by atoms with van der Waals surface area (Å²) in [7, 11) is 1.65. The van der Waals surface area contributed by atoms with Crippen molar-refractivity contribution < 1.29 is 18.7 Å². The molecule has 7 nitrogen and oxygen atoms in total. The Kier molecular flexibility index (Phi) is 4.93. The Labute approximate surface area is 195 Å². The number of halogens is 2. The summed E-state index contributed by atoms with van der Waals surface area (Å²) >= 11 is 0. The highest BCUT2D eigenvalue weighted by Crippen LogP contribution is 2.57. The van der Waals surface area contributed by atoms with Crippen molar-refractivity contribution >= 4 is 28.5 Å². The van der Waals surface area contributed by atoms with E-state index in [4.69, 9.17) is 4.98 Å². The summed E-state index contributed by atoms with van der Waals surface area (Å²) in [4.78, 5) is 31.6. The summed E-state index contributed by atoms with van der Waals surface area (Å²) in [6.07, 6.45) is -0.237. The zero-order valence-electron chi connectivity index (χ0n) is 19.2. The van der Waals surface area contributed by atoms with Gasteiger partial charge >= 0.3 is 5.97 Å². The van der Waals surface area contributed by atoms with Gasteiger partial charge in [0.2, 0.25) is 11.9 Å². The Morgan fingerprint density at radius 2 is 1.88 bits per heavy atom. The molecule has 2 heterocycles. The predicted octanol–water partition coefficient (Wildman–Crippen LogP) is 4.35. The van der Waals surface area contributed by atoms with E-state index in [0.29, 0.717) is 35.6 Å². The van der Waals surface area contributed by atoms with Crippen LogP contribution < -0.4 is 15.8 Å². The second-order valence-electron chi connectivity index (χ2n) is 9.81. The lowest BCUT2D eigenvalue weighted by Crippen LogP contribution is -2.66. The Balaban J connectivity index is 1.53. The molecule has 1 unspecified atom stereocenters. The van der Waals surface area contributed by atoms with Gasteiger partial charge in [-0.15, -0.1) is 0 Å². The molecule has 2 N–H and O–H groups in total. The number of nitrogens with one attached hydrogen (secondary N) is 1. The monoisotopic (exact) mass is 468 g/mol. The molecule has 2 aromatic carbocycles. The van der Waals surface area contributed by atoms with Crippen LogP contribution >= 0.6 is 0 Å². The van der Waals surface area contributed by atoms with Crippen LogP contribution in [0, 0.1) is 12.3 Å². The maximum Gasteiger partial charge on any atom is 0.337 e. The molecule has 1 saturated heterocycles. The normalized spacial score (nSPS) is 18.9. The molecule has 9 heteroatoms. The third kappa shape index (κ3) is 3.59. The minimum atomic E-state index is -2.59. The Hall–Kier alpha value is -3.49. The van der Waals surface area contributed by atoms with Crippen LogP contribution in [0.5, 0.6) is 0 Å². The molecule has 0 bridgehead atoms. The fourth-order valence-corrected chi connectivity index (χ4v) is 5.43. The molecule has 1 aliphatic carbocycles. The van der Waals surface area contributed by atoms with Crippen molar-refractivity contribution in [3.63, 3.8) is 0 Å². The predicted molar refractivity (Wildman–Crippen MR) is 126 cm³/mol. The van der Waals surface area contributed by atoms with Crippen LogP contribution in [-0.4, -0.2) is 39.6 Å². The van der Waals surface area contributed by atoms with Gasteiger partial charge in [-0.05, 0) is 37.6 Å². The van der Waals surface area contributed by atoms with Crippen LogP contribution in [0.1, 0.15) is 47.3 Å². The molecule has 0 amide bonds. The van der Waals surface area contributed by atoms with E-state index < -0.39 is 11.9 Å². The van der Waals surface area contributed by atoms with Crippen LogP contribution in [0.3, 0.4) is 0 Å². The molecule has 1 aliphatic heterocycles. The van der Waals surface area contributed by atoms with Gasteiger partial charge in [0.15, 0.2) is 0 Å². The van der Waals surface area contributed by atoms with Gasteiger partial charge in [-0.1, -0.05) is 18.2 Å². The van der Waals surface area contributed by atoms with Crippen LogP contribution in [0.2, 0.25) is 0 Å². The average molecular weight is 469 g/mol. The summed E-state index contributed by atoms with van der Waals surface area (Å²) in [6, 6.07) is 10.0. The number of para-hydroxylation sites is 1. The van der Waals surface area contributed by atoms with E-state index >= 15 is 0 Å². The van der Waals surface area contributed by atoms with Crippen LogP contribution in [0.25, 0.3) is 10.9 Å². The van der Waals surface area contributed by atoms with E-state index in [1.807, 2.05) is 24.8 Å². The van der Waals surface area contributed by atoms with E-state index in [2.05, 4.69) is 5.32 Å². The first-order chi connectivity index (χ1) is 16.0. The summed E-state index contributed by atoms with van der Waals surface area (Å²) in [5.74, 6) is -3.17. The van der Waals surface area contributed by atoms with Gasteiger partial charge in [0, 0.05) is 49.6 Å². The number of aromatic carboxylic acids is 1. The first-order valence-electron chi connectivity index (χ1n) is 11.2. The van der Waals surface area contributed by atoms with Gasteiger partial charge in [-0.3, -0.25) is 9.36 Å². The van der Waals surface area contributed by atoms with Crippen molar-refractivity contribution in [3.8, 4) is 0 Å². The third-order valence-electron chi connectivity index (χ3n) is 6.93. The lowest BCUT2D eigenvalue weighted by atomic mass is 9.61. The van der Waals surface area contributed by atoms with E-state index in [9.17, 15) is 23.5 Å². The average Bonchev–Trinajstić information content (AvgIpc) is 2.73. The van der Waals surface area contributed by atoms with Crippen molar-refractivity contribution in [2.24, 2.45) is 12.5 Å². The largest absolute Gasteiger partial charge is 0.478 e. The fourth-order valence-electron chi connectivity index (χ4n) is 5.43. The lowest BCUT2D eigenvalue weighted by molar-refractivity contribution is -0.170. The van der Waals surface area contributed by atoms with E-state index in [0.717, 1.165) is 11.1 Å². The zero-order chi connectivity index (χ0) is 24.4. The van der Waals surface area contributed by atoms with E-state index in [-0.39, 0.29) is 35.4 Å². The number of carboxylic acid groups (broad SMARTS) is 1. The number of hydrogen-bond donors (Lipinski definition) is 2. The number of rotatable bonds is 5. The number of alkyl halides is 2. The number of aryl methyl sites for hydroxylation is 1. The highest BCUT2D eigenvalue weighted by molar-refractivity contribution is 5.94. The molecule has 178 valence electrons. The van der Waals surface area contributed by atoms with Crippen molar-refractivity contribution in [1.29, 1.82) is 0 Å². The molecule has 1 atom stereocenters. The second-order valence-corrected chi connectivity index (χ2v) is 9.81. The van der Waals surface area contributed by atoms with E-state index in [1.54, 1.807) is 31.3 Å². The smallest absolute Gasteiger partial charge is 0.337 e. The second kappa shape index (κ2) is 7.51. The molecule has 1 saturated carbocycles. The van der Waals surface area contributed by atoms with Crippen LogP contribution in [0.4, 0.5) is 20.4 Å². The SMILES string of the molecule is Cc1cc(C(C)Nc2ccccc2C(=O)O)c2nc(N3CC4(C3)CC(F)(F)C4)n(C)c(=O)c2c1. The number of benzene rings is 2. The molecular formula is C25H26F2N4O3. The summed E-state index contributed by atoms with van der Waals surface area (Å²) in [5.41, 5.74) is 2.20. The Morgan fingerprint density at radius 3 is 2.53 bits per heavy atom. The standard InChI is InChI=1S/C25H26F2N4O3/c1-14-8-17(15(2)28-19-7-5-4-6-16(19)22(33)34)20-18(9-14)21(32)30(3)23(29-20)31-12-24(13-31)10-25(26,27)11-24/h4-9,15,28H,10-13H2,1-3H3,(H,33,34). The number of fused-ring (bicyclic) bond motifs is 1. The first-order valence-corrected chi connectivity index (χ1v) is 11.2. The molecule has 0 radical (unpaired) electrons. The number of aromatic nitrogens is 2. The highest BCUT2D eigenvalue weighted by Gasteiger charge is 2.62. The number of nitrogens with zero attached hydrogens (tertiary/aromatic N) is 3. The molecule has 3 aromatic rings. The van der Waals surface area contributed by atoms with Gasteiger partial charge in [0.25, 0.3) is 5.56 Å². The maximum atomic E-state index is 13.4.